The number of para-hydroxylation sites is 1. The molecule has 0 aliphatic carbocycles. The van der Waals surface area contributed by atoms with Crippen LogP contribution in [0.2, 0.25) is 4.34 Å². The highest BCUT2D eigenvalue weighted by Gasteiger charge is 2.04. The van der Waals surface area contributed by atoms with E-state index >= 15 is 0 Å². The SMILES string of the molecule is CN(CCCNCc1cc(Br)c(Cl)s1)c1ccccc1. The van der Waals surface area contributed by atoms with E-state index in [-0.39, 0.29) is 0 Å². The molecule has 108 valence electrons. The van der Waals surface area contributed by atoms with Gasteiger partial charge in [0.25, 0.3) is 0 Å². The molecule has 2 rings (SSSR count). The summed E-state index contributed by atoms with van der Waals surface area (Å²) in [4.78, 5) is 3.54. The number of rotatable bonds is 7. The zero-order valence-corrected chi connectivity index (χ0v) is 14.6. The van der Waals surface area contributed by atoms with Gasteiger partial charge in [-0.1, -0.05) is 29.8 Å². The minimum atomic E-state index is 0.825. The second-order valence-electron chi connectivity index (χ2n) is 4.62. The van der Waals surface area contributed by atoms with E-state index in [9.17, 15) is 0 Å². The van der Waals surface area contributed by atoms with Crippen molar-refractivity contribution in [2.45, 2.75) is 13.0 Å². The Balaban J connectivity index is 1.64. The average Bonchev–Trinajstić information content (AvgIpc) is 2.78. The third-order valence-electron chi connectivity index (χ3n) is 3.04. The van der Waals surface area contributed by atoms with Gasteiger partial charge in [-0.15, -0.1) is 11.3 Å². The Morgan fingerprint density at radius 1 is 1.30 bits per heavy atom. The van der Waals surface area contributed by atoms with E-state index in [4.69, 9.17) is 11.6 Å². The Morgan fingerprint density at radius 3 is 2.70 bits per heavy atom. The molecule has 1 heterocycles. The van der Waals surface area contributed by atoms with Crippen LogP contribution in [0.3, 0.4) is 0 Å². The van der Waals surface area contributed by atoms with E-state index in [1.165, 1.54) is 10.6 Å². The van der Waals surface area contributed by atoms with Crippen molar-refractivity contribution in [3.05, 3.63) is 50.1 Å². The fraction of sp³-hybridized carbons (Fsp3) is 0.333. The molecule has 5 heteroatoms. The largest absolute Gasteiger partial charge is 0.375 e. The highest BCUT2D eigenvalue weighted by Crippen LogP contribution is 2.31. The first-order chi connectivity index (χ1) is 9.66. The predicted molar refractivity (Wildman–Crippen MR) is 93.1 cm³/mol. The predicted octanol–water partition coefficient (Wildman–Crippen LogP) is 4.78. The lowest BCUT2D eigenvalue weighted by atomic mass is 10.3. The molecule has 2 aromatic rings. The second-order valence-corrected chi connectivity index (χ2v) is 7.21. The van der Waals surface area contributed by atoms with Crippen molar-refractivity contribution in [2.75, 3.05) is 25.0 Å². The van der Waals surface area contributed by atoms with Gasteiger partial charge in [-0.3, -0.25) is 0 Å². The van der Waals surface area contributed by atoms with Gasteiger partial charge in [-0.25, -0.2) is 0 Å². The van der Waals surface area contributed by atoms with Gasteiger partial charge >= 0.3 is 0 Å². The topological polar surface area (TPSA) is 15.3 Å². The normalized spacial score (nSPS) is 10.8. The van der Waals surface area contributed by atoms with Crippen LogP contribution in [0, 0.1) is 0 Å². The van der Waals surface area contributed by atoms with E-state index in [1.807, 2.05) is 6.07 Å². The third-order valence-corrected chi connectivity index (χ3v) is 5.51. The van der Waals surface area contributed by atoms with Crippen LogP contribution in [0.1, 0.15) is 11.3 Å². The van der Waals surface area contributed by atoms with Crippen LogP contribution >= 0.6 is 38.9 Å². The van der Waals surface area contributed by atoms with E-state index in [0.29, 0.717) is 0 Å². The molecule has 0 fully saturated rings. The van der Waals surface area contributed by atoms with Gasteiger partial charge < -0.3 is 10.2 Å². The lowest BCUT2D eigenvalue weighted by molar-refractivity contribution is 0.650. The Kier molecular flexibility index (Phi) is 6.36. The summed E-state index contributed by atoms with van der Waals surface area (Å²) < 4.78 is 1.82. The molecule has 0 unspecified atom stereocenters. The summed E-state index contributed by atoms with van der Waals surface area (Å²) in [7, 11) is 2.13. The van der Waals surface area contributed by atoms with Crippen LogP contribution in [0.15, 0.2) is 40.9 Å². The van der Waals surface area contributed by atoms with Gasteiger partial charge in [0.2, 0.25) is 0 Å². The summed E-state index contributed by atoms with van der Waals surface area (Å²) in [6.45, 7) is 2.93. The van der Waals surface area contributed by atoms with Crippen LogP contribution in [0.25, 0.3) is 0 Å². The molecule has 1 aromatic heterocycles. The zero-order valence-electron chi connectivity index (χ0n) is 11.4. The number of halogens is 2. The second kappa shape index (κ2) is 8.03. The first kappa shape index (κ1) is 15.8. The Hall–Kier alpha value is -0.550. The first-order valence-corrected chi connectivity index (χ1v) is 8.56. The number of hydrogen-bond acceptors (Lipinski definition) is 3. The van der Waals surface area contributed by atoms with Crippen molar-refractivity contribution in [2.24, 2.45) is 0 Å². The van der Waals surface area contributed by atoms with Gasteiger partial charge in [0.1, 0.15) is 4.34 Å². The van der Waals surface area contributed by atoms with Gasteiger partial charge in [-0.05, 0) is 47.1 Å². The molecule has 0 saturated heterocycles. The molecular weight excluding hydrogens is 356 g/mol. The smallest absolute Gasteiger partial charge is 0.107 e. The number of hydrogen-bond donors (Lipinski definition) is 1. The van der Waals surface area contributed by atoms with Crippen molar-refractivity contribution < 1.29 is 0 Å². The van der Waals surface area contributed by atoms with Gasteiger partial charge in [0.05, 0.1) is 0 Å². The number of nitrogens with zero attached hydrogens (tertiary/aromatic N) is 1. The molecule has 0 amide bonds. The molecule has 0 radical (unpaired) electrons. The summed E-state index contributed by atoms with van der Waals surface area (Å²) in [6, 6.07) is 12.5. The highest BCUT2D eigenvalue weighted by atomic mass is 79.9. The molecule has 2 nitrogen and oxygen atoms in total. The highest BCUT2D eigenvalue weighted by molar-refractivity contribution is 9.10. The lowest BCUT2D eigenvalue weighted by Crippen LogP contribution is -2.23. The summed E-state index contributed by atoms with van der Waals surface area (Å²) >= 11 is 11.1. The van der Waals surface area contributed by atoms with E-state index in [1.54, 1.807) is 11.3 Å². The fourth-order valence-electron chi connectivity index (χ4n) is 1.94. The van der Waals surface area contributed by atoms with Crippen molar-refractivity contribution in [1.29, 1.82) is 0 Å². The van der Waals surface area contributed by atoms with Gasteiger partial charge in [0, 0.05) is 35.2 Å². The van der Waals surface area contributed by atoms with Crippen molar-refractivity contribution >= 4 is 44.6 Å². The molecule has 20 heavy (non-hydrogen) atoms. The lowest BCUT2D eigenvalue weighted by Gasteiger charge is -2.19. The van der Waals surface area contributed by atoms with Crippen molar-refractivity contribution in [3.63, 3.8) is 0 Å². The summed E-state index contributed by atoms with van der Waals surface area (Å²) in [6.07, 6.45) is 1.12. The van der Waals surface area contributed by atoms with Crippen molar-refractivity contribution in [3.8, 4) is 0 Å². The Morgan fingerprint density at radius 2 is 2.05 bits per heavy atom. The van der Waals surface area contributed by atoms with Crippen LogP contribution in [0.5, 0.6) is 0 Å². The number of anilines is 1. The maximum atomic E-state index is 6.02. The van der Waals surface area contributed by atoms with Crippen LogP contribution in [0.4, 0.5) is 5.69 Å². The van der Waals surface area contributed by atoms with Crippen LogP contribution in [-0.2, 0) is 6.54 Å². The fourth-order valence-corrected chi connectivity index (χ4v) is 3.70. The minimum absolute atomic E-state index is 0.825. The number of thiophene rings is 1. The molecule has 0 bridgehead atoms. The molecule has 0 aliphatic heterocycles. The molecule has 1 N–H and O–H groups in total. The maximum absolute atomic E-state index is 6.02. The Labute approximate surface area is 137 Å². The van der Waals surface area contributed by atoms with E-state index < -0.39 is 0 Å². The standard InChI is InChI=1S/C15H18BrClN2S/c1-19(12-6-3-2-4-7-12)9-5-8-18-11-13-10-14(16)15(17)20-13/h2-4,6-7,10,18H,5,8-9,11H2,1H3. The quantitative estimate of drug-likeness (QED) is 0.703. The zero-order chi connectivity index (χ0) is 14.4. The monoisotopic (exact) mass is 372 g/mol. The van der Waals surface area contributed by atoms with Crippen LogP contribution in [-0.4, -0.2) is 20.1 Å². The summed E-state index contributed by atoms with van der Waals surface area (Å²) in [5.41, 5.74) is 1.27. The van der Waals surface area contributed by atoms with Crippen molar-refractivity contribution in [1.82, 2.24) is 5.32 Å². The van der Waals surface area contributed by atoms with Crippen LogP contribution < -0.4 is 10.2 Å². The Bertz CT molecular complexity index is 510. The minimum Gasteiger partial charge on any atom is -0.375 e. The molecule has 0 aliphatic rings. The number of benzene rings is 1. The van der Waals surface area contributed by atoms with E-state index in [0.717, 1.165) is 34.9 Å². The third kappa shape index (κ3) is 4.77. The molecule has 0 atom stereocenters. The molecule has 0 spiro atoms. The first-order valence-electron chi connectivity index (χ1n) is 6.57. The van der Waals surface area contributed by atoms with Gasteiger partial charge in [0.15, 0.2) is 0 Å². The molecular formula is C15H18BrClN2S. The number of nitrogens with one attached hydrogen (secondary N) is 1. The van der Waals surface area contributed by atoms with E-state index in [2.05, 4.69) is 63.5 Å². The molecule has 1 aromatic carbocycles. The summed E-state index contributed by atoms with van der Waals surface area (Å²) in [5.74, 6) is 0. The average molecular weight is 374 g/mol. The van der Waals surface area contributed by atoms with Gasteiger partial charge in [-0.2, -0.15) is 0 Å². The molecule has 0 saturated carbocycles. The summed E-state index contributed by atoms with van der Waals surface area (Å²) in [5, 5.41) is 3.45. The maximum Gasteiger partial charge on any atom is 0.107 e.